The Morgan fingerprint density at radius 2 is 2.07 bits per heavy atom. The third-order valence-electron chi connectivity index (χ3n) is 7.14. The van der Waals surface area contributed by atoms with Gasteiger partial charge in [0.25, 0.3) is 5.91 Å². The number of amides is 2. The van der Waals surface area contributed by atoms with Gasteiger partial charge < -0.3 is 15.2 Å². The molecular formula is C23H30N4O2. The van der Waals surface area contributed by atoms with Crippen molar-refractivity contribution in [3.8, 4) is 0 Å². The number of pyridine rings is 1. The van der Waals surface area contributed by atoms with Gasteiger partial charge in [0.05, 0.1) is 5.41 Å². The van der Waals surface area contributed by atoms with Gasteiger partial charge in [-0.3, -0.25) is 9.59 Å². The van der Waals surface area contributed by atoms with Crippen LogP contribution in [0.5, 0.6) is 0 Å². The molecule has 0 spiro atoms. The summed E-state index contributed by atoms with van der Waals surface area (Å²) in [5.74, 6) is 0.693. The Kier molecular flexibility index (Phi) is 4.41. The molecule has 2 N–H and O–H groups in total. The van der Waals surface area contributed by atoms with Crippen LogP contribution in [0.3, 0.4) is 0 Å². The first kappa shape index (κ1) is 18.6. The van der Waals surface area contributed by atoms with Crippen LogP contribution in [0.25, 0.3) is 11.0 Å². The fraction of sp³-hybridized carbons (Fsp3) is 0.609. The third-order valence-corrected chi connectivity index (χ3v) is 7.14. The highest BCUT2D eigenvalue weighted by atomic mass is 16.2. The molecule has 0 unspecified atom stereocenters. The Morgan fingerprint density at radius 3 is 2.83 bits per heavy atom. The normalized spacial score (nSPS) is 28.4. The molecule has 2 amide bonds. The molecule has 5 rings (SSSR count). The summed E-state index contributed by atoms with van der Waals surface area (Å²) in [6, 6.07) is 6.18. The minimum atomic E-state index is -0.442. The minimum Gasteiger partial charge on any atom is -0.353 e. The maximum absolute atomic E-state index is 13.5. The van der Waals surface area contributed by atoms with Gasteiger partial charge in [-0.25, -0.2) is 4.98 Å². The topological polar surface area (TPSA) is 78.1 Å². The monoisotopic (exact) mass is 394 g/mol. The van der Waals surface area contributed by atoms with Crippen LogP contribution in [0.4, 0.5) is 0 Å². The summed E-state index contributed by atoms with van der Waals surface area (Å²) < 4.78 is 0. The molecule has 1 saturated carbocycles. The summed E-state index contributed by atoms with van der Waals surface area (Å²) in [5, 5.41) is 4.27. The Labute approximate surface area is 171 Å². The van der Waals surface area contributed by atoms with E-state index in [4.69, 9.17) is 0 Å². The van der Waals surface area contributed by atoms with Crippen molar-refractivity contribution >= 4 is 22.8 Å². The molecule has 154 valence electrons. The molecule has 3 atom stereocenters. The fourth-order valence-electron chi connectivity index (χ4n) is 5.40. The van der Waals surface area contributed by atoms with E-state index in [9.17, 15) is 9.59 Å². The molecular weight excluding hydrogens is 364 g/mol. The van der Waals surface area contributed by atoms with E-state index in [1.807, 2.05) is 29.3 Å². The maximum Gasteiger partial charge on any atom is 0.273 e. The molecule has 2 aromatic rings. The number of H-pyrrole nitrogens is 1. The molecule has 6 nitrogen and oxygen atoms in total. The van der Waals surface area contributed by atoms with Crippen LogP contribution in [-0.4, -0.2) is 44.8 Å². The van der Waals surface area contributed by atoms with Crippen molar-refractivity contribution in [2.24, 2.45) is 11.3 Å². The molecule has 2 aliphatic heterocycles. The van der Waals surface area contributed by atoms with Crippen molar-refractivity contribution < 1.29 is 9.59 Å². The number of hydrogen-bond acceptors (Lipinski definition) is 3. The van der Waals surface area contributed by atoms with Gasteiger partial charge in [-0.05, 0) is 69.1 Å². The average Bonchev–Trinajstić information content (AvgIpc) is 3.15. The lowest BCUT2D eigenvalue weighted by Crippen LogP contribution is -2.50. The first-order valence-corrected chi connectivity index (χ1v) is 11.1. The summed E-state index contributed by atoms with van der Waals surface area (Å²) >= 11 is 0. The Balaban J connectivity index is 1.44. The number of carbonyl (C=O) groups is 2. The maximum atomic E-state index is 13.5. The average molecular weight is 395 g/mol. The summed E-state index contributed by atoms with van der Waals surface area (Å²) in [5.41, 5.74) is 0.765. The zero-order valence-corrected chi connectivity index (χ0v) is 17.3. The standard InChI is InChI=1S/C23H30N4O2/c1-14(2)9-11-23(22(29)25-16-4-5-16)13-17-6-8-19(23)27(17)21(28)18-7-3-15-10-12-24-20(15)26-18/h3,7,10,12,14,16-17,19H,4-6,8-9,11,13H2,1-2H3,(H,24,26)(H,25,29)/t17-,19+,23+/m1/s1. The van der Waals surface area contributed by atoms with Gasteiger partial charge in [0.15, 0.2) is 0 Å². The van der Waals surface area contributed by atoms with Gasteiger partial charge in [0, 0.05) is 29.7 Å². The van der Waals surface area contributed by atoms with Crippen LogP contribution < -0.4 is 5.32 Å². The van der Waals surface area contributed by atoms with Crippen LogP contribution in [0, 0.1) is 11.3 Å². The van der Waals surface area contributed by atoms with E-state index in [0.717, 1.165) is 56.0 Å². The van der Waals surface area contributed by atoms with Crippen LogP contribution in [0.2, 0.25) is 0 Å². The third kappa shape index (κ3) is 3.13. The zero-order valence-electron chi connectivity index (χ0n) is 17.3. The second-order valence-corrected chi connectivity index (χ2v) is 9.61. The van der Waals surface area contributed by atoms with Gasteiger partial charge in [0.2, 0.25) is 5.91 Å². The summed E-state index contributed by atoms with van der Waals surface area (Å²) in [6.45, 7) is 4.41. The molecule has 3 fully saturated rings. The number of nitrogens with zero attached hydrogens (tertiary/aromatic N) is 2. The molecule has 1 aliphatic carbocycles. The molecule has 6 heteroatoms. The summed E-state index contributed by atoms with van der Waals surface area (Å²) in [7, 11) is 0. The Hall–Kier alpha value is -2.37. The smallest absolute Gasteiger partial charge is 0.273 e. The van der Waals surface area contributed by atoms with E-state index in [0.29, 0.717) is 17.7 Å². The number of nitrogens with one attached hydrogen (secondary N) is 2. The number of fused-ring (bicyclic) bond motifs is 3. The summed E-state index contributed by atoms with van der Waals surface area (Å²) in [6.07, 6.45) is 8.57. The van der Waals surface area contributed by atoms with Crippen LogP contribution >= 0.6 is 0 Å². The van der Waals surface area contributed by atoms with Crippen molar-refractivity contribution in [2.45, 2.75) is 76.9 Å². The molecule has 3 aliphatic rings. The molecule has 0 aromatic carbocycles. The van der Waals surface area contributed by atoms with Gasteiger partial charge >= 0.3 is 0 Å². The lowest BCUT2D eigenvalue weighted by atomic mass is 9.69. The van der Waals surface area contributed by atoms with Crippen molar-refractivity contribution in [3.63, 3.8) is 0 Å². The van der Waals surface area contributed by atoms with E-state index in [2.05, 4.69) is 29.1 Å². The predicted octanol–water partition coefficient (Wildman–Crippen LogP) is 3.64. The fourth-order valence-corrected chi connectivity index (χ4v) is 5.40. The molecule has 0 radical (unpaired) electrons. The quantitative estimate of drug-likeness (QED) is 0.785. The van der Waals surface area contributed by atoms with Crippen molar-refractivity contribution in [2.75, 3.05) is 0 Å². The van der Waals surface area contributed by atoms with Crippen LogP contribution in [-0.2, 0) is 4.79 Å². The van der Waals surface area contributed by atoms with Crippen molar-refractivity contribution in [3.05, 3.63) is 30.1 Å². The number of carbonyl (C=O) groups excluding carboxylic acids is 2. The predicted molar refractivity (Wildman–Crippen MR) is 111 cm³/mol. The van der Waals surface area contributed by atoms with E-state index in [1.165, 1.54) is 0 Å². The lowest BCUT2D eigenvalue weighted by molar-refractivity contribution is -0.133. The molecule has 2 bridgehead atoms. The van der Waals surface area contributed by atoms with Crippen LogP contribution in [0.15, 0.2) is 24.4 Å². The number of aromatic nitrogens is 2. The van der Waals surface area contributed by atoms with Crippen molar-refractivity contribution in [1.82, 2.24) is 20.2 Å². The highest BCUT2D eigenvalue weighted by Gasteiger charge is 2.61. The highest BCUT2D eigenvalue weighted by Crippen LogP contribution is 2.53. The molecule has 2 saturated heterocycles. The first-order chi connectivity index (χ1) is 14.0. The SMILES string of the molecule is CC(C)CC[C@]1(C(=O)NC2CC2)C[C@H]2CC[C@@H]1N2C(=O)c1ccc2cc[nH]c2n1. The van der Waals surface area contributed by atoms with Gasteiger partial charge in [-0.15, -0.1) is 0 Å². The summed E-state index contributed by atoms with van der Waals surface area (Å²) in [4.78, 5) is 36.5. The second-order valence-electron chi connectivity index (χ2n) is 9.61. The molecule has 29 heavy (non-hydrogen) atoms. The number of aromatic amines is 1. The van der Waals surface area contributed by atoms with E-state index in [1.54, 1.807) is 0 Å². The lowest BCUT2D eigenvalue weighted by Gasteiger charge is -2.36. The first-order valence-electron chi connectivity index (χ1n) is 11.1. The zero-order chi connectivity index (χ0) is 20.2. The van der Waals surface area contributed by atoms with Gasteiger partial charge in [-0.2, -0.15) is 0 Å². The molecule has 4 heterocycles. The largest absolute Gasteiger partial charge is 0.353 e. The van der Waals surface area contributed by atoms with Crippen molar-refractivity contribution in [1.29, 1.82) is 0 Å². The van der Waals surface area contributed by atoms with Crippen LogP contribution in [0.1, 0.15) is 69.3 Å². The Bertz CT molecular complexity index is 947. The highest BCUT2D eigenvalue weighted by molar-refractivity contribution is 5.96. The van der Waals surface area contributed by atoms with Gasteiger partial charge in [0.1, 0.15) is 11.3 Å². The van der Waals surface area contributed by atoms with E-state index < -0.39 is 5.41 Å². The van der Waals surface area contributed by atoms with Gasteiger partial charge in [-0.1, -0.05) is 13.8 Å². The number of rotatable bonds is 6. The second kappa shape index (κ2) is 6.85. The van der Waals surface area contributed by atoms with E-state index in [-0.39, 0.29) is 23.9 Å². The number of hydrogen-bond donors (Lipinski definition) is 2. The molecule has 2 aromatic heterocycles. The Morgan fingerprint density at radius 1 is 1.24 bits per heavy atom. The minimum absolute atomic E-state index is 0.0151. The van der Waals surface area contributed by atoms with E-state index >= 15 is 0 Å².